The molecule has 0 radical (unpaired) electrons. The smallest absolute Gasteiger partial charge is 0.341 e. The first-order chi connectivity index (χ1) is 18.6. The van der Waals surface area contributed by atoms with Crippen LogP contribution >= 0.6 is 11.3 Å². The molecule has 0 unspecified atom stereocenters. The molecule has 0 aliphatic heterocycles. The quantitative estimate of drug-likeness (QED) is 0.260. The number of hydrogen-bond acceptors (Lipinski definition) is 6. The van der Waals surface area contributed by atoms with E-state index in [1.807, 2.05) is 66.7 Å². The molecule has 0 bridgehead atoms. The lowest BCUT2D eigenvalue weighted by Crippen LogP contribution is -2.16. The predicted octanol–water partition coefficient (Wildman–Crippen LogP) is 6.43. The number of carbonyl (C=O) groups excluding carboxylic acids is 2. The molecule has 1 aliphatic carbocycles. The van der Waals surface area contributed by atoms with Crippen LogP contribution in [0.25, 0.3) is 28.2 Å². The Bertz CT molecular complexity index is 1640. The highest BCUT2D eigenvalue weighted by Crippen LogP contribution is 2.39. The molecular weight excluding hydrogens is 496 g/mol. The Hall–Kier alpha value is -4.30. The highest BCUT2D eigenvalue weighted by Gasteiger charge is 2.28. The molecule has 2 aromatic carbocycles. The SMILES string of the molecule is CCOC(=O)c1c(NC(=O)c2cc3nc(-c4ccccc4)cc(-c4ccccc4)n3n2)sc2c1CCCC2. The normalized spacial score (nSPS) is 12.8. The molecule has 0 atom stereocenters. The molecule has 6 rings (SSSR count). The van der Waals surface area contributed by atoms with E-state index in [0.717, 1.165) is 58.6 Å². The van der Waals surface area contributed by atoms with Crippen molar-refractivity contribution in [3.8, 4) is 22.5 Å². The van der Waals surface area contributed by atoms with Gasteiger partial charge in [-0.2, -0.15) is 5.10 Å². The number of ether oxygens (including phenoxy) is 1. The maximum Gasteiger partial charge on any atom is 0.341 e. The van der Waals surface area contributed by atoms with Crippen molar-refractivity contribution < 1.29 is 14.3 Å². The second-order valence-electron chi connectivity index (χ2n) is 9.15. The van der Waals surface area contributed by atoms with Gasteiger partial charge in [0.25, 0.3) is 5.91 Å². The van der Waals surface area contributed by atoms with Crippen LogP contribution in [0.1, 0.15) is 51.1 Å². The van der Waals surface area contributed by atoms with Crippen molar-refractivity contribution in [2.45, 2.75) is 32.6 Å². The molecule has 0 saturated heterocycles. The summed E-state index contributed by atoms with van der Waals surface area (Å²) in [5, 5.41) is 8.13. The third-order valence-corrected chi connectivity index (χ3v) is 7.88. The minimum absolute atomic E-state index is 0.223. The Morgan fingerprint density at radius 3 is 2.42 bits per heavy atom. The minimum Gasteiger partial charge on any atom is -0.462 e. The Morgan fingerprint density at radius 1 is 0.974 bits per heavy atom. The molecule has 3 aromatic heterocycles. The zero-order chi connectivity index (χ0) is 26.1. The summed E-state index contributed by atoms with van der Waals surface area (Å²) in [6, 6.07) is 23.5. The van der Waals surface area contributed by atoms with E-state index in [0.29, 0.717) is 16.2 Å². The topological polar surface area (TPSA) is 85.6 Å². The molecule has 8 heteroatoms. The van der Waals surface area contributed by atoms with Crippen molar-refractivity contribution in [1.82, 2.24) is 14.6 Å². The summed E-state index contributed by atoms with van der Waals surface area (Å²) in [6.07, 6.45) is 3.82. The van der Waals surface area contributed by atoms with Crippen molar-refractivity contribution >= 4 is 33.9 Å². The van der Waals surface area contributed by atoms with Crippen LogP contribution in [0.5, 0.6) is 0 Å². The van der Waals surface area contributed by atoms with Crippen LogP contribution < -0.4 is 5.32 Å². The van der Waals surface area contributed by atoms with Crippen LogP contribution in [0.4, 0.5) is 5.00 Å². The van der Waals surface area contributed by atoms with Gasteiger partial charge in [-0.15, -0.1) is 11.3 Å². The molecule has 38 heavy (non-hydrogen) atoms. The largest absolute Gasteiger partial charge is 0.462 e. The fourth-order valence-corrected chi connectivity index (χ4v) is 6.17. The first-order valence-electron chi connectivity index (χ1n) is 12.8. The van der Waals surface area contributed by atoms with Crippen LogP contribution in [0.2, 0.25) is 0 Å². The molecule has 0 spiro atoms. The van der Waals surface area contributed by atoms with Crippen LogP contribution in [-0.4, -0.2) is 33.1 Å². The Balaban J connectivity index is 1.41. The van der Waals surface area contributed by atoms with Crippen molar-refractivity contribution in [3.63, 3.8) is 0 Å². The molecule has 7 nitrogen and oxygen atoms in total. The number of fused-ring (bicyclic) bond motifs is 2. The lowest BCUT2D eigenvalue weighted by Gasteiger charge is -2.12. The highest BCUT2D eigenvalue weighted by atomic mass is 32.1. The Labute approximate surface area is 224 Å². The number of carbonyl (C=O) groups is 2. The summed E-state index contributed by atoms with van der Waals surface area (Å²) in [5.41, 5.74) is 5.83. The Morgan fingerprint density at radius 2 is 1.68 bits per heavy atom. The molecular formula is C30H26N4O3S. The van der Waals surface area contributed by atoms with Gasteiger partial charge in [0.2, 0.25) is 0 Å². The molecule has 1 N–H and O–H groups in total. The third kappa shape index (κ3) is 4.48. The van der Waals surface area contributed by atoms with Crippen LogP contribution in [-0.2, 0) is 17.6 Å². The van der Waals surface area contributed by atoms with Gasteiger partial charge in [-0.25, -0.2) is 14.3 Å². The minimum atomic E-state index is -0.391. The molecule has 3 heterocycles. The van der Waals surface area contributed by atoms with Gasteiger partial charge in [0.15, 0.2) is 11.3 Å². The fraction of sp³-hybridized carbons (Fsp3) is 0.200. The lowest BCUT2D eigenvalue weighted by molar-refractivity contribution is 0.0526. The molecule has 0 fully saturated rings. The van der Waals surface area contributed by atoms with Gasteiger partial charge in [0, 0.05) is 22.1 Å². The summed E-state index contributed by atoms with van der Waals surface area (Å²) in [6.45, 7) is 2.06. The number of benzene rings is 2. The van der Waals surface area contributed by atoms with Crippen LogP contribution in [0, 0.1) is 0 Å². The second kappa shape index (κ2) is 10.2. The van der Waals surface area contributed by atoms with Gasteiger partial charge < -0.3 is 10.1 Å². The number of esters is 1. The number of nitrogens with one attached hydrogen (secondary N) is 1. The number of amides is 1. The maximum absolute atomic E-state index is 13.5. The predicted molar refractivity (Wildman–Crippen MR) is 149 cm³/mol. The van der Waals surface area contributed by atoms with Crippen molar-refractivity contribution in [2.24, 2.45) is 0 Å². The van der Waals surface area contributed by atoms with Crippen LogP contribution in [0.3, 0.4) is 0 Å². The van der Waals surface area contributed by atoms with Gasteiger partial charge in [0.1, 0.15) is 5.00 Å². The highest BCUT2D eigenvalue weighted by molar-refractivity contribution is 7.17. The standard InChI is InChI=1S/C30H26N4O3S/c1-2-37-30(36)27-21-15-9-10-16-25(21)38-29(27)32-28(35)23-18-26-31-22(19-11-5-3-6-12-19)17-24(34(26)33-23)20-13-7-4-8-14-20/h3-8,11-14,17-18H,2,9-10,15-16H2,1H3,(H,32,35). The van der Waals surface area contributed by atoms with Crippen molar-refractivity contribution in [3.05, 3.63) is 94.5 Å². The average Bonchev–Trinajstić information content (AvgIpc) is 3.55. The zero-order valence-corrected chi connectivity index (χ0v) is 21.8. The van der Waals surface area contributed by atoms with Gasteiger partial charge in [-0.1, -0.05) is 60.7 Å². The summed E-state index contributed by atoms with van der Waals surface area (Å²) < 4.78 is 7.03. The van der Waals surface area contributed by atoms with Gasteiger partial charge in [-0.3, -0.25) is 4.79 Å². The van der Waals surface area contributed by atoms with E-state index in [1.54, 1.807) is 17.5 Å². The zero-order valence-electron chi connectivity index (χ0n) is 20.9. The van der Waals surface area contributed by atoms with Gasteiger partial charge >= 0.3 is 5.97 Å². The molecule has 1 amide bonds. The van der Waals surface area contributed by atoms with Gasteiger partial charge in [0.05, 0.1) is 23.6 Å². The molecule has 0 saturated carbocycles. The summed E-state index contributed by atoms with van der Waals surface area (Å²) in [4.78, 5) is 32.3. The first-order valence-corrected chi connectivity index (χ1v) is 13.6. The number of nitrogens with zero attached hydrogens (tertiary/aromatic N) is 3. The summed E-state index contributed by atoms with van der Waals surface area (Å²) >= 11 is 1.46. The number of hydrogen-bond donors (Lipinski definition) is 1. The molecule has 190 valence electrons. The Kier molecular flexibility index (Phi) is 6.47. The maximum atomic E-state index is 13.5. The van der Waals surface area contributed by atoms with E-state index in [4.69, 9.17) is 9.72 Å². The van der Waals surface area contributed by atoms with E-state index < -0.39 is 5.97 Å². The fourth-order valence-electron chi connectivity index (χ4n) is 4.90. The third-order valence-electron chi connectivity index (χ3n) is 6.68. The summed E-state index contributed by atoms with van der Waals surface area (Å²) in [7, 11) is 0. The first kappa shape index (κ1) is 24.1. The second-order valence-corrected chi connectivity index (χ2v) is 10.3. The average molecular weight is 523 g/mol. The number of anilines is 1. The number of rotatable bonds is 6. The van der Waals surface area contributed by atoms with E-state index >= 15 is 0 Å². The summed E-state index contributed by atoms with van der Waals surface area (Å²) in [5.74, 6) is -0.780. The molecule has 5 aromatic rings. The number of aryl methyl sites for hydroxylation is 1. The number of aromatic nitrogens is 3. The molecule has 1 aliphatic rings. The van der Waals surface area contributed by atoms with Crippen molar-refractivity contribution in [2.75, 3.05) is 11.9 Å². The van der Waals surface area contributed by atoms with E-state index in [1.165, 1.54) is 11.3 Å². The van der Waals surface area contributed by atoms with Crippen molar-refractivity contribution in [1.29, 1.82) is 0 Å². The van der Waals surface area contributed by atoms with Crippen LogP contribution in [0.15, 0.2) is 72.8 Å². The lowest BCUT2D eigenvalue weighted by atomic mass is 9.95. The monoisotopic (exact) mass is 522 g/mol. The van der Waals surface area contributed by atoms with E-state index in [-0.39, 0.29) is 18.2 Å². The number of thiophene rings is 1. The van der Waals surface area contributed by atoms with E-state index in [2.05, 4.69) is 10.4 Å². The van der Waals surface area contributed by atoms with Gasteiger partial charge in [-0.05, 0) is 44.2 Å². The van der Waals surface area contributed by atoms with E-state index in [9.17, 15) is 9.59 Å².